The highest BCUT2D eigenvalue weighted by Gasteiger charge is 2.45. The first-order valence-corrected chi connectivity index (χ1v) is 5.70. The Morgan fingerprint density at radius 1 is 1.56 bits per heavy atom. The van der Waals surface area contributed by atoms with Crippen LogP contribution in [-0.4, -0.2) is 48.7 Å². The number of ether oxygens (including phenoxy) is 1. The molecule has 0 saturated carbocycles. The molecule has 0 fully saturated rings. The van der Waals surface area contributed by atoms with Gasteiger partial charge in [-0.25, -0.2) is 4.99 Å². The SMILES string of the molecule is CC.COCN1NC(C(F)(F)F)N=C1C(=O)CCl. The molecule has 0 amide bonds. The number of methoxy groups -OCH3 is 1. The van der Waals surface area contributed by atoms with E-state index in [1.165, 1.54) is 7.11 Å². The number of rotatable bonds is 4. The van der Waals surface area contributed by atoms with Crippen LogP contribution in [0.15, 0.2) is 4.99 Å². The van der Waals surface area contributed by atoms with Gasteiger partial charge in [0.1, 0.15) is 6.73 Å². The molecule has 5 nitrogen and oxygen atoms in total. The van der Waals surface area contributed by atoms with Crippen LogP contribution in [0.3, 0.4) is 0 Å². The van der Waals surface area contributed by atoms with Gasteiger partial charge in [0, 0.05) is 7.11 Å². The van der Waals surface area contributed by atoms with E-state index in [0.717, 1.165) is 5.01 Å². The van der Waals surface area contributed by atoms with Gasteiger partial charge in [0.05, 0.1) is 5.88 Å². The molecule has 106 valence electrons. The van der Waals surface area contributed by atoms with E-state index in [9.17, 15) is 18.0 Å². The number of Topliss-reactive ketones (excluding diaryl/α,β-unsaturated/α-hetero) is 1. The second-order valence-corrected chi connectivity index (χ2v) is 3.20. The van der Waals surface area contributed by atoms with Crippen LogP contribution in [0.4, 0.5) is 13.2 Å². The number of halogens is 4. The third kappa shape index (κ3) is 4.43. The van der Waals surface area contributed by atoms with Gasteiger partial charge in [-0.1, -0.05) is 13.8 Å². The van der Waals surface area contributed by atoms with Gasteiger partial charge in [0.15, 0.2) is 5.84 Å². The number of alkyl halides is 4. The van der Waals surface area contributed by atoms with E-state index in [1.54, 1.807) is 0 Å². The number of ketones is 1. The molecule has 0 bridgehead atoms. The normalized spacial score (nSPS) is 19.2. The van der Waals surface area contributed by atoms with Crippen molar-refractivity contribution in [3.63, 3.8) is 0 Å². The predicted octanol–water partition coefficient (Wildman–Crippen LogP) is 1.53. The zero-order valence-corrected chi connectivity index (χ0v) is 11.0. The first kappa shape index (κ1) is 17.1. The summed E-state index contributed by atoms with van der Waals surface area (Å²) < 4.78 is 41.6. The summed E-state index contributed by atoms with van der Waals surface area (Å²) in [7, 11) is 1.28. The van der Waals surface area contributed by atoms with Crippen molar-refractivity contribution in [2.75, 3.05) is 19.7 Å². The minimum absolute atomic E-state index is 0.228. The highest BCUT2D eigenvalue weighted by molar-refractivity contribution is 6.48. The number of nitrogens with one attached hydrogen (secondary N) is 1. The summed E-state index contributed by atoms with van der Waals surface area (Å²) in [5.41, 5.74) is 2.00. The first-order valence-electron chi connectivity index (χ1n) is 5.16. The summed E-state index contributed by atoms with van der Waals surface area (Å²) in [4.78, 5) is 14.4. The molecule has 0 aliphatic carbocycles. The largest absolute Gasteiger partial charge is 0.425 e. The van der Waals surface area contributed by atoms with Crippen LogP contribution in [0, 0.1) is 0 Å². The average Bonchev–Trinajstić information content (AvgIpc) is 2.75. The Morgan fingerprint density at radius 2 is 2.11 bits per heavy atom. The minimum Gasteiger partial charge on any atom is -0.363 e. The highest BCUT2D eigenvalue weighted by Crippen LogP contribution is 2.24. The van der Waals surface area contributed by atoms with Gasteiger partial charge in [-0.2, -0.15) is 18.6 Å². The molecule has 1 N–H and O–H groups in total. The van der Waals surface area contributed by atoms with Gasteiger partial charge in [0.25, 0.3) is 0 Å². The molecule has 1 atom stereocenters. The summed E-state index contributed by atoms with van der Waals surface area (Å²) >= 11 is 5.25. The molecule has 1 rings (SSSR count). The van der Waals surface area contributed by atoms with Crippen LogP contribution < -0.4 is 5.43 Å². The Bertz CT molecular complexity index is 310. The molecule has 1 unspecified atom stereocenters. The van der Waals surface area contributed by atoms with Crippen LogP contribution in [-0.2, 0) is 9.53 Å². The molecule has 0 aromatic rings. The van der Waals surface area contributed by atoms with Gasteiger partial charge < -0.3 is 4.74 Å². The molecule has 0 spiro atoms. The van der Waals surface area contributed by atoms with E-state index in [0.29, 0.717) is 0 Å². The lowest BCUT2D eigenvalue weighted by atomic mass is 10.4. The zero-order valence-electron chi connectivity index (χ0n) is 10.2. The molecule has 0 saturated heterocycles. The van der Waals surface area contributed by atoms with Crippen LogP contribution in [0.5, 0.6) is 0 Å². The van der Waals surface area contributed by atoms with E-state index in [4.69, 9.17) is 11.6 Å². The van der Waals surface area contributed by atoms with Gasteiger partial charge in [-0.05, 0) is 0 Å². The quantitative estimate of drug-likeness (QED) is 0.798. The van der Waals surface area contributed by atoms with Crippen LogP contribution in [0.2, 0.25) is 0 Å². The van der Waals surface area contributed by atoms with Crippen molar-refractivity contribution >= 4 is 23.2 Å². The van der Waals surface area contributed by atoms with E-state index in [1.807, 2.05) is 19.3 Å². The first-order chi connectivity index (χ1) is 8.40. The summed E-state index contributed by atoms with van der Waals surface area (Å²) in [6.45, 7) is 3.77. The summed E-state index contributed by atoms with van der Waals surface area (Å²) in [5.74, 6) is -1.51. The van der Waals surface area contributed by atoms with Gasteiger partial charge in [-0.15, -0.1) is 11.6 Å². The molecule has 0 radical (unpaired) electrons. The molecule has 1 heterocycles. The molecule has 1 aliphatic rings. The Morgan fingerprint density at radius 3 is 2.50 bits per heavy atom. The monoisotopic (exact) mass is 289 g/mol. The topological polar surface area (TPSA) is 53.9 Å². The van der Waals surface area contributed by atoms with Crippen molar-refractivity contribution in [1.82, 2.24) is 10.4 Å². The second-order valence-electron chi connectivity index (χ2n) is 2.93. The molecule has 1 aliphatic heterocycles. The maximum atomic E-state index is 12.3. The standard InChI is InChI=1S/C7H9ClF3N3O2.C2H6/c1-16-3-14-5(4(15)2-8)12-6(13-14)7(9,10)11;1-2/h6,13H,2-3H2,1H3;1-2H3. The zero-order chi connectivity index (χ0) is 14.3. The van der Waals surface area contributed by atoms with E-state index in [2.05, 4.69) is 9.73 Å². The van der Waals surface area contributed by atoms with Crippen molar-refractivity contribution in [3.05, 3.63) is 0 Å². The van der Waals surface area contributed by atoms with Crippen molar-refractivity contribution in [3.8, 4) is 0 Å². The Hall–Kier alpha value is -0.860. The van der Waals surface area contributed by atoms with Gasteiger partial charge >= 0.3 is 6.18 Å². The number of amidine groups is 1. The average molecular weight is 290 g/mol. The number of hydrazine groups is 1. The highest BCUT2D eigenvalue weighted by atomic mass is 35.5. The van der Waals surface area contributed by atoms with Crippen LogP contribution >= 0.6 is 11.6 Å². The summed E-state index contributed by atoms with van der Waals surface area (Å²) in [6.07, 6.45) is -6.70. The lowest BCUT2D eigenvalue weighted by Gasteiger charge is -2.20. The smallest absolute Gasteiger partial charge is 0.363 e. The maximum Gasteiger partial charge on any atom is 0.425 e. The molecular weight excluding hydrogens is 275 g/mol. The van der Waals surface area contributed by atoms with E-state index >= 15 is 0 Å². The second kappa shape index (κ2) is 7.55. The van der Waals surface area contributed by atoms with E-state index in [-0.39, 0.29) is 12.6 Å². The Labute approximate surface area is 108 Å². The minimum atomic E-state index is -4.57. The molecule has 18 heavy (non-hydrogen) atoms. The summed E-state index contributed by atoms with van der Waals surface area (Å²) in [6, 6.07) is 0. The number of carbonyl (C=O) groups excluding carboxylic acids is 1. The predicted molar refractivity (Wildman–Crippen MR) is 61.2 cm³/mol. The number of nitrogens with zero attached hydrogens (tertiary/aromatic N) is 2. The molecule has 0 aromatic carbocycles. The van der Waals surface area contributed by atoms with Crippen LogP contribution in [0.25, 0.3) is 0 Å². The fraction of sp³-hybridized carbons (Fsp3) is 0.778. The maximum absolute atomic E-state index is 12.3. The number of hydrogen-bond donors (Lipinski definition) is 1. The molecular formula is C9H15ClF3N3O2. The lowest BCUT2D eigenvalue weighted by molar-refractivity contribution is -0.160. The van der Waals surface area contributed by atoms with Crippen LogP contribution in [0.1, 0.15) is 13.8 Å². The Balaban J connectivity index is 0.00000137. The number of hydrogen-bond acceptors (Lipinski definition) is 5. The third-order valence-corrected chi connectivity index (χ3v) is 1.97. The fourth-order valence-corrected chi connectivity index (χ4v) is 1.21. The Kier molecular flexibility index (Phi) is 7.19. The van der Waals surface area contributed by atoms with Crippen molar-refractivity contribution < 1.29 is 22.7 Å². The van der Waals surface area contributed by atoms with Crippen molar-refractivity contribution in [2.24, 2.45) is 4.99 Å². The lowest BCUT2D eigenvalue weighted by Crippen LogP contribution is -2.48. The molecule has 9 heteroatoms. The van der Waals surface area contributed by atoms with Crippen molar-refractivity contribution in [1.29, 1.82) is 0 Å². The van der Waals surface area contributed by atoms with Gasteiger partial charge in [0.2, 0.25) is 11.9 Å². The number of carbonyl (C=O) groups is 1. The van der Waals surface area contributed by atoms with E-state index < -0.39 is 24.0 Å². The van der Waals surface area contributed by atoms with Gasteiger partial charge in [-0.3, -0.25) is 9.80 Å². The molecule has 0 aromatic heterocycles. The van der Waals surface area contributed by atoms with Crippen molar-refractivity contribution in [2.45, 2.75) is 26.2 Å². The fourth-order valence-electron chi connectivity index (χ4n) is 1.09. The third-order valence-electron chi connectivity index (χ3n) is 1.72. The number of aliphatic imine (C=N–C) groups is 1. The summed E-state index contributed by atoms with van der Waals surface area (Å²) in [5, 5.41) is 0.878.